The summed E-state index contributed by atoms with van der Waals surface area (Å²) in [5.74, 6) is 1.15. The van der Waals surface area contributed by atoms with E-state index >= 15 is 0 Å². The molecule has 2 aromatic rings. The fourth-order valence-electron chi connectivity index (χ4n) is 4.00. The van der Waals surface area contributed by atoms with Gasteiger partial charge >= 0.3 is 5.97 Å². The van der Waals surface area contributed by atoms with Crippen LogP contribution in [-0.2, 0) is 16.1 Å². The van der Waals surface area contributed by atoms with Crippen molar-refractivity contribution in [3.05, 3.63) is 35.9 Å². The summed E-state index contributed by atoms with van der Waals surface area (Å²) in [6.45, 7) is -0.0441. The minimum atomic E-state index is -0.334. The number of nitrogen functional groups attached to an aromatic ring is 1. The van der Waals surface area contributed by atoms with E-state index in [-0.39, 0.29) is 42.0 Å². The molecule has 2 fully saturated rings. The Morgan fingerprint density at radius 1 is 1.19 bits per heavy atom. The zero-order chi connectivity index (χ0) is 18.1. The molecule has 1 aromatic heterocycles. The molecule has 0 aliphatic heterocycles. The number of carbonyl (C=O) groups excluding carboxylic acids is 1. The van der Waals surface area contributed by atoms with Crippen molar-refractivity contribution >= 4 is 23.6 Å². The molecule has 0 amide bonds. The normalized spacial score (nSPS) is 23.8. The number of esters is 1. The molecule has 3 unspecified atom stereocenters. The zero-order valence-corrected chi connectivity index (χ0v) is 14.2. The summed E-state index contributed by atoms with van der Waals surface area (Å²) in [6, 6.07) is 5.77. The lowest BCUT2D eigenvalue weighted by Gasteiger charge is -2.19. The van der Waals surface area contributed by atoms with E-state index in [1.54, 1.807) is 12.1 Å². The second kappa shape index (κ2) is 6.86. The monoisotopic (exact) mass is 357 g/mol. The van der Waals surface area contributed by atoms with Gasteiger partial charge in [0.2, 0.25) is 11.9 Å². The number of benzene rings is 1. The molecule has 1 aromatic carbocycles. The maximum absolute atomic E-state index is 13.0. The summed E-state index contributed by atoms with van der Waals surface area (Å²) in [7, 11) is 0. The van der Waals surface area contributed by atoms with Crippen molar-refractivity contribution in [1.29, 1.82) is 0 Å². The molecular formula is C18H20FN5O2. The molecule has 2 saturated carbocycles. The topological polar surface area (TPSA) is 103 Å². The SMILES string of the molecule is Nc1nc(COC(=O)C2CC3CCC2C3)nc(Nc2ccc(F)cc2)n1. The fraction of sp³-hybridized carbons (Fsp3) is 0.444. The first kappa shape index (κ1) is 16.7. The van der Waals surface area contributed by atoms with Crippen molar-refractivity contribution < 1.29 is 13.9 Å². The molecule has 0 radical (unpaired) electrons. The maximum atomic E-state index is 13.0. The minimum absolute atomic E-state index is 0.00439. The molecule has 2 bridgehead atoms. The van der Waals surface area contributed by atoms with E-state index in [9.17, 15) is 9.18 Å². The van der Waals surface area contributed by atoms with Gasteiger partial charge in [0.1, 0.15) is 5.82 Å². The van der Waals surface area contributed by atoms with Gasteiger partial charge in [0.25, 0.3) is 0 Å². The highest BCUT2D eigenvalue weighted by atomic mass is 19.1. The Kier molecular flexibility index (Phi) is 4.40. The fourth-order valence-corrected chi connectivity index (χ4v) is 4.00. The number of hydrogen-bond acceptors (Lipinski definition) is 7. The van der Waals surface area contributed by atoms with Gasteiger partial charge in [0.05, 0.1) is 5.92 Å². The van der Waals surface area contributed by atoms with Gasteiger partial charge in [-0.15, -0.1) is 0 Å². The molecule has 8 heteroatoms. The molecule has 26 heavy (non-hydrogen) atoms. The van der Waals surface area contributed by atoms with Crippen LogP contribution in [0, 0.1) is 23.6 Å². The van der Waals surface area contributed by atoms with Crippen molar-refractivity contribution in [1.82, 2.24) is 15.0 Å². The van der Waals surface area contributed by atoms with Crippen LogP contribution in [0.4, 0.5) is 22.0 Å². The van der Waals surface area contributed by atoms with Crippen LogP contribution < -0.4 is 11.1 Å². The number of ether oxygens (including phenoxy) is 1. The highest BCUT2D eigenvalue weighted by Gasteiger charge is 2.43. The Morgan fingerprint density at radius 2 is 2.00 bits per heavy atom. The van der Waals surface area contributed by atoms with Crippen LogP contribution >= 0.6 is 0 Å². The number of halogens is 1. The highest BCUT2D eigenvalue weighted by molar-refractivity contribution is 5.73. The van der Waals surface area contributed by atoms with Crippen molar-refractivity contribution in [3.8, 4) is 0 Å². The van der Waals surface area contributed by atoms with Gasteiger partial charge in [0, 0.05) is 5.69 Å². The molecule has 3 atom stereocenters. The molecule has 2 aliphatic rings. The summed E-state index contributed by atoms with van der Waals surface area (Å²) in [5.41, 5.74) is 6.33. The minimum Gasteiger partial charge on any atom is -0.457 e. The molecule has 2 aliphatic carbocycles. The quantitative estimate of drug-likeness (QED) is 0.793. The van der Waals surface area contributed by atoms with Crippen molar-refractivity contribution in [2.75, 3.05) is 11.1 Å². The van der Waals surface area contributed by atoms with Crippen LogP contribution in [0.15, 0.2) is 24.3 Å². The summed E-state index contributed by atoms with van der Waals surface area (Å²) < 4.78 is 18.4. The van der Waals surface area contributed by atoms with Gasteiger partial charge in [0.15, 0.2) is 12.4 Å². The van der Waals surface area contributed by atoms with Crippen molar-refractivity contribution in [2.24, 2.45) is 17.8 Å². The standard InChI is InChI=1S/C18H20FN5O2/c19-12-3-5-13(6-4-12)21-18-23-15(22-17(20)24-18)9-26-16(25)14-8-10-1-2-11(14)7-10/h3-6,10-11,14H,1-2,7-9H2,(H3,20,21,22,23,24). The third kappa shape index (κ3) is 3.58. The summed E-state index contributed by atoms with van der Waals surface area (Å²) in [5, 5.41) is 2.93. The van der Waals surface area contributed by atoms with E-state index in [1.165, 1.54) is 18.6 Å². The summed E-state index contributed by atoms with van der Waals surface area (Å²) in [6.07, 6.45) is 4.43. The highest BCUT2D eigenvalue weighted by Crippen LogP contribution is 2.48. The van der Waals surface area contributed by atoms with Crippen LogP contribution in [0.3, 0.4) is 0 Å². The average Bonchev–Trinajstić information content (AvgIpc) is 3.25. The number of hydrogen-bond donors (Lipinski definition) is 2. The van der Waals surface area contributed by atoms with Crippen molar-refractivity contribution in [3.63, 3.8) is 0 Å². The van der Waals surface area contributed by atoms with E-state index in [0.29, 0.717) is 17.5 Å². The summed E-state index contributed by atoms with van der Waals surface area (Å²) >= 11 is 0. The Labute approximate surface area is 150 Å². The van der Waals surface area contributed by atoms with Crippen molar-refractivity contribution in [2.45, 2.75) is 32.3 Å². The second-order valence-corrected chi connectivity index (χ2v) is 6.95. The van der Waals surface area contributed by atoms with Gasteiger partial charge in [-0.3, -0.25) is 4.79 Å². The number of nitrogens with one attached hydrogen (secondary N) is 1. The van der Waals surface area contributed by atoms with Gasteiger partial charge in [-0.25, -0.2) is 4.39 Å². The predicted molar refractivity (Wildman–Crippen MR) is 92.7 cm³/mol. The van der Waals surface area contributed by atoms with Crippen LogP contribution in [0.2, 0.25) is 0 Å². The first-order chi connectivity index (χ1) is 12.6. The number of nitrogens with zero attached hydrogens (tertiary/aromatic N) is 3. The number of carbonyl (C=O) groups is 1. The van der Waals surface area contributed by atoms with Crippen LogP contribution in [0.5, 0.6) is 0 Å². The predicted octanol–water partition coefficient (Wildman–Crippen LogP) is 2.82. The van der Waals surface area contributed by atoms with E-state index in [2.05, 4.69) is 20.3 Å². The average molecular weight is 357 g/mol. The molecular weight excluding hydrogens is 337 g/mol. The molecule has 0 spiro atoms. The number of rotatable bonds is 5. The number of aromatic nitrogens is 3. The zero-order valence-electron chi connectivity index (χ0n) is 14.2. The first-order valence-corrected chi connectivity index (χ1v) is 8.76. The Balaban J connectivity index is 1.39. The molecule has 3 N–H and O–H groups in total. The molecule has 136 valence electrons. The van der Waals surface area contributed by atoms with Crippen LogP contribution in [0.1, 0.15) is 31.5 Å². The smallest absolute Gasteiger partial charge is 0.309 e. The van der Waals surface area contributed by atoms with Gasteiger partial charge in [-0.05, 0) is 55.4 Å². The van der Waals surface area contributed by atoms with Gasteiger partial charge in [-0.1, -0.05) is 6.42 Å². The molecule has 4 rings (SSSR count). The molecule has 0 saturated heterocycles. The lowest BCUT2D eigenvalue weighted by Crippen LogP contribution is -2.23. The third-order valence-corrected chi connectivity index (χ3v) is 5.18. The first-order valence-electron chi connectivity index (χ1n) is 8.76. The Hall–Kier alpha value is -2.77. The second-order valence-electron chi connectivity index (χ2n) is 6.95. The number of nitrogens with two attached hydrogens (primary N) is 1. The molecule has 1 heterocycles. The van der Waals surface area contributed by atoms with E-state index in [4.69, 9.17) is 10.5 Å². The largest absolute Gasteiger partial charge is 0.457 e. The van der Waals surface area contributed by atoms with Crippen LogP contribution in [-0.4, -0.2) is 20.9 Å². The van der Waals surface area contributed by atoms with Gasteiger partial charge in [-0.2, -0.15) is 15.0 Å². The lowest BCUT2D eigenvalue weighted by molar-refractivity contribution is -0.152. The third-order valence-electron chi connectivity index (χ3n) is 5.18. The van der Waals surface area contributed by atoms with E-state index < -0.39 is 0 Å². The maximum Gasteiger partial charge on any atom is 0.309 e. The molecule has 7 nitrogen and oxygen atoms in total. The van der Waals surface area contributed by atoms with E-state index in [0.717, 1.165) is 19.3 Å². The summed E-state index contributed by atoms with van der Waals surface area (Å²) in [4.78, 5) is 24.6. The number of fused-ring (bicyclic) bond motifs is 2. The van der Waals surface area contributed by atoms with Gasteiger partial charge < -0.3 is 15.8 Å². The Bertz CT molecular complexity index is 814. The Morgan fingerprint density at radius 3 is 2.69 bits per heavy atom. The number of anilines is 3. The van der Waals surface area contributed by atoms with Crippen LogP contribution in [0.25, 0.3) is 0 Å². The lowest BCUT2D eigenvalue weighted by atomic mass is 9.89. The van der Waals surface area contributed by atoms with E-state index in [1.807, 2.05) is 0 Å².